The molecule has 2 nitrogen and oxygen atoms in total. The molecule has 0 unspecified atom stereocenters. The predicted molar refractivity (Wildman–Crippen MR) is 83.5 cm³/mol. The van der Waals surface area contributed by atoms with E-state index in [0.717, 1.165) is 24.8 Å². The molecule has 1 aromatic carbocycles. The molecule has 1 aromatic rings. The zero-order valence-corrected chi connectivity index (χ0v) is 13.9. The van der Waals surface area contributed by atoms with E-state index in [4.69, 9.17) is 4.74 Å². The second-order valence-corrected chi connectivity index (χ2v) is 7.72. The molecule has 0 heterocycles. The summed E-state index contributed by atoms with van der Waals surface area (Å²) in [5.41, 5.74) is 1.35. The van der Waals surface area contributed by atoms with E-state index in [1.807, 2.05) is 6.07 Å². The Kier molecular flexibility index (Phi) is 6.03. The van der Waals surface area contributed by atoms with E-state index >= 15 is 0 Å². The number of ether oxygens (including phenoxy) is 1. The topological polar surface area (TPSA) is 26.3 Å². The van der Waals surface area contributed by atoms with Crippen LogP contribution in [0.1, 0.15) is 26.7 Å². The summed E-state index contributed by atoms with van der Waals surface area (Å²) in [6.07, 6.45) is 4.10. The van der Waals surface area contributed by atoms with E-state index < -0.39 is 0 Å². The van der Waals surface area contributed by atoms with Gasteiger partial charge in [-0.25, -0.2) is 0 Å². The van der Waals surface area contributed by atoms with Crippen LogP contribution < -0.4 is 4.46 Å². The Bertz CT molecular complexity index is 467. The third-order valence-electron chi connectivity index (χ3n) is 3.62. The summed E-state index contributed by atoms with van der Waals surface area (Å²) in [5, 5.41) is 1.06. The maximum atomic E-state index is 11.7. The van der Waals surface area contributed by atoms with Crippen molar-refractivity contribution in [2.45, 2.75) is 38.1 Å². The summed E-state index contributed by atoms with van der Waals surface area (Å²) in [6.45, 7) is 4.55. The Morgan fingerprint density at radius 1 is 1.35 bits per heavy atom. The second-order valence-electron chi connectivity index (χ2n) is 5.27. The van der Waals surface area contributed by atoms with Crippen molar-refractivity contribution < 1.29 is 9.53 Å². The molecule has 2 atom stereocenters. The van der Waals surface area contributed by atoms with Gasteiger partial charge in [-0.15, -0.1) is 0 Å². The summed E-state index contributed by atoms with van der Waals surface area (Å²) < 4.78 is 7.37. The van der Waals surface area contributed by atoms with E-state index in [-0.39, 0.29) is 17.8 Å². The molecule has 1 aliphatic carbocycles. The molecular formula is C17H22O2Se. The molecule has 108 valence electrons. The van der Waals surface area contributed by atoms with Crippen molar-refractivity contribution >= 4 is 25.2 Å². The van der Waals surface area contributed by atoms with Gasteiger partial charge in [-0.1, -0.05) is 0 Å². The van der Waals surface area contributed by atoms with E-state index in [1.165, 1.54) is 10.0 Å². The van der Waals surface area contributed by atoms with Gasteiger partial charge in [0.1, 0.15) is 0 Å². The first kappa shape index (κ1) is 15.5. The quantitative estimate of drug-likeness (QED) is 0.453. The van der Waals surface area contributed by atoms with Crippen LogP contribution in [0.4, 0.5) is 0 Å². The van der Waals surface area contributed by atoms with Crippen molar-refractivity contribution in [2.24, 2.45) is 5.92 Å². The van der Waals surface area contributed by atoms with Crippen molar-refractivity contribution in [2.75, 3.05) is 6.61 Å². The van der Waals surface area contributed by atoms with Gasteiger partial charge < -0.3 is 0 Å². The zero-order chi connectivity index (χ0) is 14.4. The molecule has 0 bridgehead atoms. The number of benzene rings is 1. The minimum absolute atomic E-state index is 0.00665. The van der Waals surface area contributed by atoms with Crippen molar-refractivity contribution in [1.29, 1.82) is 0 Å². The Morgan fingerprint density at radius 2 is 2.10 bits per heavy atom. The fourth-order valence-electron chi connectivity index (χ4n) is 2.49. The van der Waals surface area contributed by atoms with E-state index in [2.05, 4.69) is 37.3 Å². The van der Waals surface area contributed by atoms with Crippen LogP contribution in [0.3, 0.4) is 0 Å². The summed E-state index contributed by atoms with van der Waals surface area (Å²) in [6, 6.07) is 10.5. The van der Waals surface area contributed by atoms with E-state index in [1.54, 1.807) is 6.92 Å². The number of allylic oxidation sites excluding steroid dienone is 1. The first-order chi connectivity index (χ1) is 9.66. The fraction of sp³-hybridized carbons (Fsp3) is 0.471. The Morgan fingerprint density at radius 3 is 2.80 bits per heavy atom. The molecule has 0 aliphatic heterocycles. The molecule has 0 spiro atoms. The van der Waals surface area contributed by atoms with Gasteiger partial charge in [0.05, 0.1) is 0 Å². The molecule has 20 heavy (non-hydrogen) atoms. The number of carbonyl (C=O) groups is 1. The average molecular weight is 337 g/mol. The van der Waals surface area contributed by atoms with Crippen molar-refractivity contribution in [3.8, 4) is 0 Å². The van der Waals surface area contributed by atoms with Crippen LogP contribution >= 0.6 is 0 Å². The summed E-state index contributed by atoms with van der Waals surface area (Å²) in [7, 11) is 0. The normalized spacial score (nSPS) is 22.4. The fourth-order valence-corrected chi connectivity index (χ4v) is 4.09. The predicted octanol–water partition coefficient (Wildman–Crippen LogP) is 2.76. The van der Waals surface area contributed by atoms with Gasteiger partial charge in [-0.2, -0.15) is 0 Å². The van der Waals surface area contributed by atoms with Gasteiger partial charge in [0.15, 0.2) is 0 Å². The van der Waals surface area contributed by atoms with Gasteiger partial charge in [0, 0.05) is 0 Å². The molecule has 0 fully saturated rings. The van der Waals surface area contributed by atoms with E-state index in [0.29, 0.717) is 15.0 Å². The molecule has 0 radical (unpaired) electrons. The minimum atomic E-state index is -0.00665. The zero-order valence-electron chi connectivity index (χ0n) is 12.2. The summed E-state index contributed by atoms with van der Waals surface area (Å²) >= 11 is 0.459. The third kappa shape index (κ3) is 4.59. The number of ketones is 1. The summed E-state index contributed by atoms with van der Waals surface area (Å²) in [4.78, 5) is 11.7. The van der Waals surface area contributed by atoms with Gasteiger partial charge in [0.2, 0.25) is 0 Å². The van der Waals surface area contributed by atoms with Crippen LogP contribution in [0.15, 0.2) is 42.0 Å². The van der Waals surface area contributed by atoms with Crippen LogP contribution in [-0.2, 0) is 9.53 Å². The molecule has 1 aliphatic rings. The standard InChI is InChI=1S/C17H22O2Se/c1-13-8-9-16(14(2)18)17(12-13)19-10-11-20-15-6-4-3-5-7-15/h3-7,12,16-17H,8-11H2,1-2H3/t16-,17+/m0/s1. The Hall–Kier alpha value is -0.891. The second kappa shape index (κ2) is 7.78. The average Bonchev–Trinajstić information content (AvgIpc) is 2.44. The SMILES string of the molecule is CC(=O)[C@@H]1CCC(C)=C[C@H]1OCC[Se]c1ccccc1. The van der Waals surface area contributed by atoms with Crippen LogP contribution in [0, 0.1) is 5.92 Å². The monoisotopic (exact) mass is 338 g/mol. The van der Waals surface area contributed by atoms with Gasteiger partial charge >= 0.3 is 127 Å². The molecule has 0 amide bonds. The van der Waals surface area contributed by atoms with Crippen molar-refractivity contribution in [3.05, 3.63) is 42.0 Å². The van der Waals surface area contributed by atoms with Gasteiger partial charge in [0.25, 0.3) is 0 Å². The third-order valence-corrected chi connectivity index (χ3v) is 5.67. The van der Waals surface area contributed by atoms with Crippen LogP contribution in [0.5, 0.6) is 0 Å². The first-order valence-electron chi connectivity index (χ1n) is 7.14. The van der Waals surface area contributed by atoms with Gasteiger partial charge in [-0.3, -0.25) is 0 Å². The molecule has 2 rings (SSSR count). The Labute approximate surface area is 127 Å². The Balaban J connectivity index is 1.79. The molecule has 0 saturated carbocycles. The number of carbonyl (C=O) groups excluding carboxylic acids is 1. The van der Waals surface area contributed by atoms with Crippen molar-refractivity contribution in [3.63, 3.8) is 0 Å². The van der Waals surface area contributed by atoms with E-state index in [9.17, 15) is 4.79 Å². The number of hydrogen-bond donors (Lipinski definition) is 0. The van der Waals surface area contributed by atoms with Gasteiger partial charge in [-0.05, 0) is 0 Å². The molecule has 0 aromatic heterocycles. The molecular weight excluding hydrogens is 315 g/mol. The number of hydrogen-bond acceptors (Lipinski definition) is 2. The van der Waals surface area contributed by atoms with Crippen LogP contribution in [0.25, 0.3) is 0 Å². The number of Topliss-reactive ketones (excluding diaryl/α,β-unsaturated/α-hetero) is 1. The van der Waals surface area contributed by atoms with Crippen LogP contribution in [0.2, 0.25) is 5.32 Å². The maximum absolute atomic E-state index is 11.7. The number of rotatable bonds is 6. The van der Waals surface area contributed by atoms with Crippen molar-refractivity contribution in [1.82, 2.24) is 0 Å². The summed E-state index contributed by atoms with van der Waals surface area (Å²) in [5.74, 6) is 0.315. The molecule has 3 heteroatoms. The van der Waals surface area contributed by atoms with Crippen LogP contribution in [-0.4, -0.2) is 33.5 Å². The molecule has 0 N–H and O–H groups in total. The first-order valence-corrected chi connectivity index (χ1v) is 9.21. The molecule has 0 saturated heterocycles.